The van der Waals surface area contributed by atoms with Gasteiger partial charge in [0.15, 0.2) is 5.69 Å². The maximum Gasteiger partial charge on any atom is 0.361 e. The highest BCUT2D eigenvalue weighted by atomic mass is 35.5. The van der Waals surface area contributed by atoms with Crippen LogP contribution in [0.4, 0.5) is 0 Å². The van der Waals surface area contributed by atoms with E-state index >= 15 is 0 Å². The molecule has 4 rings (SSSR count). The summed E-state index contributed by atoms with van der Waals surface area (Å²) in [5, 5.41) is 11.0. The van der Waals surface area contributed by atoms with Gasteiger partial charge in [-0.05, 0) is 50.2 Å². The number of carbonyl (C=O) groups is 1. The first kappa shape index (κ1) is 20.6. The monoisotopic (exact) mass is 438 g/mol. The summed E-state index contributed by atoms with van der Waals surface area (Å²) in [4.78, 5) is 16.5. The molecular formula is C22H19ClN4O4. The Labute approximate surface area is 183 Å². The van der Waals surface area contributed by atoms with E-state index in [0.29, 0.717) is 39.4 Å². The molecule has 0 atom stereocenters. The van der Waals surface area contributed by atoms with Gasteiger partial charge in [0.2, 0.25) is 5.89 Å². The van der Waals surface area contributed by atoms with E-state index in [2.05, 4.69) is 20.4 Å². The number of halogens is 1. The summed E-state index contributed by atoms with van der Waals surface area (Å²) >= 11 is 6.23. The van der Waals surface area contributed by atoms with Gasteiger partial charge in [-0.2, -0.15) is 10.3 Å². The minimum absolute atomic E-state index is 0.140. The lowest BCUT2D eigenvalue weighted by molar-refractivity contribution is 0.0520. The summed E-state index contributed by atoms with van der Waals surface area (Å²) in [5.41, 5.74) is 2.68. The number of aryl methyl sites for hydroxylation is 1. The highest BCUT2D eigenvalue weighted by Gasteiger charge is 2.19. The maximum atomic E-state index is 12.0. The molecule has 1 N–H and O–H groups in total. The molecular weight excluding hydrogens is 420 g/mol. The topological polar surface area (TPSA) is 103 Å². The van der Waals surface area contributed by atoms with Crippen LogP contribution in [0.15, 0.2) is 52.9 Å². The summed E-state index contributed by atoms with van der Waals surface area (Å²) in [5.74, 6) is 1.22. The van der Waals surface area contributed by atoms with Crippen LogP contribution in [0.5, 0.6) is 5.75 Å². The van der Waals surface area contributed by atoms with Crippen molar-refractivity contribution < 1.29 is 18.7 Å². The predicted molar refractivity (Wildman–Crippen MR) is 114 cm³/mol. The van der Waals surface area contributed by atoms with Crippen LogP contribution in [0.25, 0.3) is 22.7 Å². The lowest BCUT2D eigenvalue weighted by atomic mass is 10.1. The van der Waals surface area contributed by atoms with Gasteiger partial charge in [-0.25, -0.2) is 9.78 Å². The van der Waals surface area contributed by atoms with Gasteiger partial charge >= 0.3 is 5.97 Å². The van der Waals surface area contributed by atoms with E-state index in [1.54, 1.807) is 37.3 Å². The quantitative estimate of drug-likeness (QED) is 0.411. The molecule has 0 radical (unpaired) electrons. The molecule has 0 unspecified atom stereocenters. The SMILES string of the molecule is CCOC(=O)c1n[nH]nc1-c1ccc(OCc2nc(-c3ccccc3Cl)oc2C)cc1. The van der Waals surface area contributed by atoms with Crippen LogP contribution in [0.1, 0.15) is 28.9 Å². The standard InChI is InChI=1S/C22H19ClN4O4/c1-3-29-22(28)20-19(25-27-26-20)14-8-10-15(11-9-14)30-12-18-13(2)31-21(24-18)16-6-4-5-7-17(16)23/h4-11H,3,12H2,1-2H3,(H,25,26,27). The molecule has 158 valence electrons. The zero-order valence-electron chi connectivity index (χ0n) is 16.9. The zero-order chi connectivity index (χ0) is 21.8. The summed E-state index contributed by atoms with van der Waals surface area (Å²) in [6, 6.07) is 14.5. The summed E-state index contributed by atoms with van der Waals surface area (Å²) < 4.78 is 16.6. The molecule has 0 aliphatic rings. The molecule has 8 nitrogen and oxygen atoms in total. The highest BCUT2D eigenvalue weighted by molar-refractivity contribution is 6.33. The van der Waals surface area contributed by atoms with Crippen LogP contribution >= 0.6 is 11.6 Å². The van der Waals surface area contributed by atoms with Crippen LogP contribution in [-0.4, -0.2) is 33.0 Å². The fourth-order valence-corrected chi connectivity index (χ4v) is 3.16. The lowest BCUT2D eigenvalue weighted by Crippen LogP contribution is -2.06. The van der Waals surface area contributed by atoms with Gasteiger partial charge in [-0.3, -0.25) is 0 Å². The summed E-state index contributed by atoms with van der Waals surface area (Å²) in [6.07, 6.45) is 0. The number of nitrogens with one attached hydrogen (secondary N) is 1. The second kappa shape index (κ2) is 9.01. The highest BCUT2D eigenvalue weighted by Crippen LogP contribution is 2.29. The molecule has 0 spiro atoms. The fraction of sp³-hybridized carbons (Fsp3) is 0.182. The minimum atomic E-state index is -0.526. The number of aromatic amines is 1. The van der Waals surface area contributed by atoms with E-state index in [-0.39, 0.29) is 18.9 Å². The van der Waals surface area contributed by atoms with Crippen LogP contribution in [-0.2, 0) is 11.3 Å². The second-order valence-electron chi connectivity index (χ2n) is 6.56. The third-order valence-corrected chi connectivity index (χ3v) is 4.85. The van der Waals surface area contributed by atoms with Crippen molar-refractivity contribution in [2.45, 2.75) is 20.5 Å². The third-order valence-electron chi connectivity index (χ3n) is 4.52. The van der Waals surface area contributed by atoms with Crippen molar-refractivity contribution in [3.05, 3.63) is 70.7 Å². The number of oxazole rings is 1. The van der Waals surface area contributed by atoms with Gasteiger partial charge in [0.25, 0.3) is 0 Å². The number of H-pyrrole nitrogens is 1. The van der Waals surface area contributed by atoms with E-state index in [0.717, 1.165) is 5.56 Å². The molecule has 4 aromatic rings. The van der Waals surface area contributed by atoms with Gasteiger partial charge in [-0.1, -0.05) is 23.7 Å². The molecule has 0 saturated carbocycles. The molecule has 0 saturated heterocycles. The molecule has 2 aromatic heterocycles. The number of benzene rings is 2. The molecule has 0 amide bonds. The van der Waals surface area contributed by atoms with Crippen LogP contribution < -0.4 is 4.74 Å². The third kappa shape index (κ3) is 4.44. The van der Waals surface area contributed by atoms with E-state index < -0.39 is 5.97 Å². The second-order valence-corrected chi connectivity index (χ2v) is 6.96. The predicted octanol–water partition coefficient (Wildman–Crippen LogP) is 4.84. The average Bonchev–Trinajstić information content (AvgIpc) is 3.40. The molecule has 2 aromatic carbocycles. The Bertz CT molecular complexity index is 1200. The van der Waals surface area contributed by atoms with Gasteiger partial charge in [0.1, 0.15) is 29.5 Å². The Hall–Kier alpha value is -3.65. The smallest absolute Gasteiger partial charge is 0.361 e. The number of esters is 1. The van der Waals surface area contributed by atoms with Crippen molar-refractivity contribution in [3.63, 3.8) is 0 Å². The Kier molecular flexibility index (Phi) is 5.99. The van der Waals surface area contributed by atoms with E-state index in [4.69, 9.17) is 25.5 Å². The van der Waals surface area contributed by atoms with Gasteiger partial charge in [0.05, 0.1) is 17.2 Å². The minimum Gasteiger partial charge on any atom is -0.487 e. The van der Waals surface area contributed by atoms with E-state index in [1.165, 1.54) is 0 Å². The zero-order valence-corrected chi connectivity index (χ0v) is 17.6. The molecule has 9 heteroatoms. The Morgan fingerprint density at radius 3 is 2.65 bits per heavy atom. The molecule has 0 fully saturated rings. The molecule has 2 heterocycles. The molecule has 31 heavy (non-hydrogen) atoms. The Morgan fingerprint density at radius 2 is 1.90 bits per heavy atom. The normalized spacial score (nSPS) is 10.8. The first-order chi connectivity index (χ1) is 15.1. The largest absolute Gasteiger partial charge is 0.487 e. The number of carbonyl (C=O) groups excluding carboxylic acids is 1. The number of hydrogen-bond donors (Lipinski definition) is 1. The maximum absolute atomic E-state index is 12.0. The first-order valence-electron chi connectivity index (χ1n) is 9.59. The van der Waals surface area contributed by atoms with E-state index in [1.807, 2.05) is 25.1 Å². The van der Waals surface area contributed by atoms with Gasteiger partial charge < -0.3 is 13.9 Å². The van der Waals surface area contributed by atoms with Crippen LogP contribution in [0, 0.1) is 6.92 Å². The average molecular weight is 439 g/mol. The van der Waals surface area contributed by atoms with Gasteiger partial charge in [0, 0.05) is 5.56 Å². The fourth-order valence-electron chi connectivity index (χ4n) is 2.95. The van der Waals surface area contributed by atoms with E-state index in [9.17, 15) is 4.79 Å². The number of nitrogens with zero attached hydrogens (tertiary/aromatic N) is 3. The summed E-state index contributed by atoms with van der Waals surface area (Å²) in [6.45, 7) is 4.06. The van der Waals surface area contributed by atoms with Crippen molar-refractivity contribution in [1.29, 1.82) is 0 Å². The number of ether oxygens (including phenoxy) is 2. The Morgan fingerprint density at radius 1 is 1.13 bits per heavy atom. The Balaban J connectivity index is 1.46. The van der Waals surface area contributed by atoms with Gasteiger partial charge in [-0.15, -0.1) is 5.10 Å². The number of aromatic nitrogens is 4. The molecule has 0 aliphatic carbocycles. The van der Waals surface area contributed by atoms with Crippen LogP contribution in [0.2, 0.25) is 5.02 Å². The van der Waals surface area contributed by atoms with Crippen molar-refractivity contribution in [2.75, 3.05) is 6.61 Å². The molecule has 0 bridgehead atoms. The summed E-state index contributed by atoms with van der Waals surface area (Å²) in [7, 11) is 0. The van der Waals surface area contributed by atoms with Crippen molar-refractivity contribution in [3.8, 4) is 28.5 Å². The van der Waals surface area contributed by atoms with Crippen LogP contribution in [0.3, 0.4) is 0 Å². The number of hydrogen-bond acceptors (Lipinski definition) is 7. The molecule has 0 aliphatic heterocycles. The van der Waals surface area contributed by atoms with Crippen molar-refractivity contribution in [1.82, 2.24) is 20.4 Å². The first-order valence-corrected chi connectivity index (χ1v) is 9.97. The number of rotatable bonds is 7. The van der Waals surface area contributed by atoms with Crippen molar-refractivity contribution in [2.24, 2.45) is 0 Å². The van der Waals surface area contributed by atoms with Crippen molar-refractivity contribution >= 4 is 17.6 Å². The lowest BCUT2D eigenvalue weighted by Gasteiger charge is -2.06.